The number of hydrogen-bond donors (Lipinski definition) is 0. The van der Waals surface area contributed by atoms with E-state index in [0.717, 1.165) is 0 Å². The van der Waals surface area contributed by atoms with E-state index in [9.17, 15) is 0 Å². The van der Waals surface area contributed by atoms with Gasteiger partial charge in [0.05, 0.1) is 0 Å². The van der Waals surface area contributed by atoms with Gasteiger partial charge in [0.15, 0.2) is 0 Å². The second-order valence-corrected chi connectivity index (χ2v) is 9.43. The third-order valence-corrected chi connectivity index (χ3v) is 7.66. The molecule has 0 spiro atoms. The molecule has 26 heavy (non-hydrogen) atoms. The van der Waals surface area contributed by atoms with Crippen LogP contribution in [0.25, 0.3) is 32.3 Å². The Hall–Kier alpha value is -1.38. The van der Waals surface area contributed by atoms with Gasteiger partial charge in [0.1, 0.15) is 0 Å². The average Bonchev–Trinajstić information content (AvgIpc) is 2.65. The normalized spacial score (nSPS) is 12.0. The van der Waals surface area contributed by atoms with Gasteiger partial charge < -0.3 is 0 Å². The minimum atomic E-state index is 1.18. The Labute approximate surface area is 165 Å². The van der Waals surface area contributed by atoms with E-state index in [1.165, 1.54) is 77.6 Å². The van der Waals surface area contributed by atoms with E-state index in [2.05, 4.69) is 64.1 Å². The smallest absolute Gasteiger partial charge is 0.0160 e. The van der Waals surface area contributed by atoms with Gasteiger partial charge in [-0.25, -0.2) is 0 Å². The summed E-state index contributed by atoms with van der Waals surface area (Å²) < 4.78 is 0. The van der Waals surface area contributed by atoms with Crippen molar-refractivity contribution in [2.24, 2.45) is 0 Å². The molecule has 0 radical (unpaired) electrons. The van der Waals surface area contributed by atoms with Crippen LogP contribution >= 0.6 is 23.5 Å². The molecule has 0 saturated carbocycles. The summed E-state index contributed by atoms with van der Waals surface area (Å²) in [6.45, 7) is 9.05. The summed E-state index contributed by atoms with van der Waals surface area (Å²) in [5.41, 5.74) is 2.79. The van der Waals surface area contributed by atoms with E-state index in [-0.39, 0.29) is 0 Å². The van der Waals surface area contributed by atoms with Crippen molar-refractivity contribution in [1.82, 2.24) is 0 Å². The zero-order valence-corrected chi connectivity index (χ0v) is 17.7. The lowest BCUT2D eigenvalue weighted by atomic mass is 9.90. The Balaban J connectivity index is 2.15. The highest BCUT2D eigenvalue weighted by atomic mass is 32.2. The van der Waals surface area contributed by atoms with Crippen LogP contribution in [0.4, 0.5) is 0 Å². The molecule has 0 aliphatic carbocycles. The Bertz CT molecular complexity index is 1080. The fourth-order valence-corrected chi connectivity index (χ4v) is 5.89. The second-order valence-electron chi connectivity index (χ2n) is 7.15. The number of thioether (sulfide) groups is 2. The van der Waals surface area contributed by atoms with E-state index in [1.807, 2.05) is 23.5 Å². The molecular formula is C24H26S2. The number of rotatable bonds is 6. The zero-order chi connectivity index (χ0) is 18.3. The van der Waals surface area contributed by atoms with Crippen LogP contribution in [0.5, 0.6) is 0 Å². The maximum atomic E-state index is 2.46. The summed E-state index contributed by atoms with van der Waals surface area (Å²) in [7, 11) is 0. The second kappa shape index (κ2) is 7.32. The average molecular weight is 379 g/mol. The van der Waals surface area contributed by atoms with Crippen LogP contribution in [0, 0.1) is 13.8 Å². The summed E-state index contributed by atoms with van der Waals surface area (Å²) in [5, 5.41) is 8.67. The van der Waals surface area contributed by atoms with Gasteiger partial charge in [-0.3, -0.25) is 0 Å². The molecule has 0 fully saturated rings. The summed E-state index contributed by atoms with van der Waals surface area (Å²) in [4.78, 5) is 2.88. The van der Waals surface area contributed by atoms with Gasteiger partial charge in [-0.05, 0) is 93.8 Å². The molecule has 0 bridgehead atoms. The zero-order valence-electron chi connectivity index (χ0n) is 16.1. The van der Waals surface area contributed by atoms with Crippen molar-refractivity contribution in [3.63, 3.8) is 0 Å². The van der Waals surface area contributed by atoms with E-state index in [0.29, 0.717) is 0 Å². The Kier molecular flexibility index (Phi) is 5.07. The summed E-state index contributed by atoms with van der Waals surface area (Å²) in [5.74, 6) is 2.35. The molecule has 0 N–H and O–H groups in total. The Morgan fingerprint density at radius 2 is 1.35 bits per heavy atom. The van der Waals surface area contributed by atoms with Gasteiger partial charge in [-0.15, -0.1) is 23.5 Å². The van der Waals surface area contributed by atoms with Crippen molar-refractivity contribution in [3.05, 3.63) is 47.5 Å². The quantitative estimate of drug-likeness (QED) is 0.245. The van der Waals surface area contributed by atoms with E-state index in [1.54, 1.807) is 0 Å². The van der Waals surface area contributed by atoms with Crippen LogP contribution in [-0.2, 0) is 0 Å². The van der Waals surface area contributed by atoms with E-state index < -0.39 is 0 Å². The molecular weight excluding hydrogens is 352 g/mol. The molecule has 134 valence electrons. The minimum absolute atomic E-state index is 1.18. The van der Waals surface area contributed by atoms with Crippen molar-refractivity contribution in [2.75, 3.05) is 11.5 Å². The van der Waals surface area contributed by atoms with Crippen LogP contribution in [-0.4, -0.2) is 11.5 Å². The van der Waals surface area contributed by atoms with Crippen LogP contribution in [0.3, 0.4) is 0 Å². The lowest BCUT2D eigenvalue weighted by Crippen LogP contribution is -1.93. The monoisotopic (exact) mass is 378 g/mol. The predicted molar refractivity (Wildman–Crippen MR) is 122 cm³/mol. The van der Waals surface area contributed by atoms with Gasteiger partial charge in [0, 0.05) is 9.79 Å². The fourth-order valence-electron chi connectivity index (χ4n) is 3.89. The third kappa shape index (κ3) is 2.88. The van der Waals surface area contributed by atoms with Gasteiger partial charge in [-0.1, -0.05) is 38.1 Å². The topological polar surface area (TPSA) is 0 Å². The molecule has 4 aromatic rings. The Morgan fingerprint density at radius 1 is 0.654 bits per heavy atom. The molecule has 0 saturated heterocycles. The van der Waals surface area contributed by atoms with Crippen LogP contribution in [0.1, 0.15) is 37.8 Å². The maximum absolute atomic E-state index is 2.46. The molecule has 2 heteroatoms. The SMILES string of the molecule is CCCSc1cc2ccc(C)c3c(SCCC)cc4c(C)ccc1c4c23. The van der Waals surface area contributed by atoms with Gasteiger partial charge in [-0.2, -0.15) is 0 Å². The molecule has 4 rings (SSSR count). The highest BCUT2D eigenvalue weighted by Crippen LogP contribution is 2.45. The highest BCUT2D eigenvalue weighted by Gasteiger charge is 2.17. The molecule has 0 aliphatic rings. The van der Waals surface area contributed by atoms with Gasteiger partial charge in [0.25, 0.3) is 0 Å². The Morgan fingerprint density at radius 3 is 2.08 bits per heavy atom. The largest absolute Gasteiger partial charge is 0.126 e. The summed E-state index contributed by atoms with van der Waals surface area (Å²) in [6.07, 6.45) is 2.42. The lowest BCUT2D eigenvalue weighted by Gasteiger charge is -2.19. The molecule has 0 aromatic heterocycles. The first-order valence-electron chi connectivity index (χ1n) is 9.63. The van der Waals surface area contributed by atoms with Crippen molar-refractivity contribution >= 4 is 55.8 Å². The number of aryl methyl sites for hydroxylation is 2. The van der Waals surface area contributed by atoms with Crippen LogP contribution < -0.4 is 0 Å². The van der Waals surface area contributed by atoms with Crippen molar-refractivity contribution in [1.29, 1.82) is 0 Å². The van der Waals surface area contributed by atoms with Crippen LogP contribution in [0.15, 0.2) is 46.2 Å². The lowest BCUT2D eigenvalue weighted by molar-refractivity contribution is 1.11. The van der Waals surface area contributed by atoms with Crippen LogP contribution in [0.2, 0.25) is 0 Å². The predicted octanol–water partition coefficient (Wildman–Crippen LogP) is 8.21. The first-order chi connectivity index (χ1) is 12.7. The van der Waals surface area contributed by atoms with Crippen molar-refractivity contribution < 1.29 is 0 Å². The molecule has 4 aromatic carbocycles. The standard InChI is InChI=1S/C24H26S2/c1-5-11-25-20-13-17-9-7-16(4)22-21(26-12-6-2)14-19-15(3)8-10-18(20)24(19)23(17)22/h7-10,13-14H,5-6,11-12H2,1-4H3. The molecule has 0 nitrogen and oxygen atoms in total. The fraction of sp³-hybridized carbons (Fsp3) is 0.333. The van der Waals surface area contributed by atoms with E-state index in [4.69, 9.17) is 0 Å². The highest BCUT2D eigenvalue weighted by molar-refractivity contribution is 7.99. The van der Waals surface area contributed by atoms with Gasteiger partial charge in [0.2, 0.25) is 0 Å². The third-order valence-electron chi connectivity index (χ3n) is 5.16. The van der Waals surface area contributed by atoms with Crippen molar-refractivity contribution in [2.45, 2.75) is 50.3 Å². The maximum Gasteiger partial charge on any atom is 0.0160 e. The molecule has 0 amide bonds. The molecule has 0 aliphatic heterocycles. The first kappa shape index (κ1) is 18.0. The molecule has 0 atom stereocenters. The number of hydrogen-bond acceptors (Lipinski definition) is 2. The molecule has 0 heterocycles. The number of benzene rings is 4. The summed E-state index contributed by atoms with van der Waals surface area (Å²) in [6, 6.07) is 14.2. The molecule has 0 unspecified atom stereocenters. The summed E-state index contributed by atoms with van der Waals surface area (Å²) >= 11 is 4.02. The van der Waals surface area contributed by atoms with Crippen molar-refractivity contribution in [3.8, 4) is 0 Å². The van der Waals surface area contributed by atoms with E-state index >= 15 is 0 Å². The first-order valence-corrected chi connectivity index (χ1v) is 11.6. The van der Waals surface area contributed by atoms with Gasteiger partial charge >= 0.3 is 0 Å². The minimum Gasteiger partial charge on any atom is -0.126 e.